The molecule has 5 heteroatoms. The highest BCUT2D eigenvalue weighted by molar-refractivity contribution is 5.98. The van der Waals surface area contributed by atoms with Crippen molar-refractivity contribution in [2.24, 2.45) is 10.9 Å². The third kappa shape index (κ3) is 1.32. The number of hydrogen-bond acceptors (Lipinski definition) is 4. The summed E-state index contributed by atoms with van der Waals surface area (Å²) >= 11 is 0. The minimum atomic E-state index is -0.111. The van der Waals surface area contributed by atoms with E-state index in [2.05, 4.69) is 10.1 Å². The third-order valence-corrected chi connectivity index (χ3v) is 1.30. The average Bonchev–Trinajstić information content (AvgIpc) is 2.16. The van der Waals surface area contributed by atoms with Gasteiger partial charge in [0.15, 0.2) is 11.5 Å². The van der Waals surface area contributed by atoms with Gasteiger partial charge in [-0.15, -0.1) is 0 Å². The molecule has 0 unspecified atom stereocenters. The molecule has 0 aliphatic rings. The minimum absolute atomic E-state index is 0.111. The molecule has 1 rings (SSSR count). The topological polar surface area (TPSA) is 95.3 Å². The number of nitrogens with two attached hydrogens (primary N) is 1. The van der Waals surface area contributed by atoms with Crippen molar-refractivity contribution < 1.29 is 5.21 Å². The molecular weight excluding hydrogens is 156 g/mol. The summed E-state index contributed by atoms with van der Waals surface area (Å²) in [6, 6.07) is 4.99. The number of pyridine rings is 1. The third-order valence-electron chi connectivity index (χ3n) is 1.30. The molecule has 0 aromatic carbocycles. The molecule has 5 nitrogen and oxygen atoms in total. The van der Waals surface area contributed by atoms with Crippen molar-refractivity contribution in [1.29, 1.82) is 5.26 Å². The lowest BCUT2D eigenvalue weighted by Gasteiger charge is -1.97. The van der Waals surface area contributed by atoms with Crippen molar-refractivity contribution in [2.75, 3.05) is 0 Å². The summed E-state index contributed by atoms with van der Waals surface area (Å²) in [5, 5.41) is 19.7. The number of rotatable bonds is 1. The van der Waals surface area contributed by atoms with E-state index >= 15 is 0 Å². The summed E-state index contributed by atoms with van der Waals surface area (Å²) in [5.41, 5.74) is 5.76. The van der Waals surface area contributed by atoms with E-state index in [9.17, 15) is 0 Å². The fourth-order valence-electron chi connectivity index (χ4n) is 0.755. The van der Waals surface area contributed by atoms with Gasteiger partial charge in [0.2, 0.25) is 0 Å². The summed E-state index contributed by atoms with van der Waals surface area (Å²) in [5.74, 6) is -0.111. The molecule has 0 aliphatic heterocycles. The molecule has 0 spiro atoms. The Kier molecular flexibility index (Phi) is 2.23. The predicted octanol–water partition coefficient (Wildman–Crippen LogP) is 0.0478. The van der Waals surface area contributed by atoms with Crippen LogP contribution < -0.4 is 5.73 Å². The number of amidine groups is 1. The molecule has 0 fully saturated rings. The van der Waals surface area contributed by atoms with Crippen LogP contribution in [0, 0.1) is 11.3 Å². The number of aromatic nitrogens is 1. The first kappa shape index (κ1) is 8.01. The Morgan fingerprint density at radius 2 is 2.50 bits per heavy atom. The molecule has 60 valence electrons. The van der Waals surface area contributed by atoms with E-state index < -0.39 is 0 Å². The van der Waals surface area contributed by atoms with Gasteiger partial charge in [0.25, 0.3) is 0 Å². The summed E-state index contributed by atoms with van der Waals surface area (Å²) in [7, 11) is 0. The first-order valence-electron chi connectivity index (χ1n) is 3.12. The molecule has 0 radical (unpaired) electrons. The normalized spacial score (nSPS) is 10.8. The van der Waals surface area contributed by atoms with Crippen LogP contribution >= 0.6 is 0 Å². The standard InChI is InChI=1S/C7H6N4O/c8-4-6-5(7(9)11-12)2-1-3-10-6/h1-3,12H,(H2,9,11). The van der Waals surface area contributed by atoms with E-state index in [-0.39, 0.29) is 11.5 Å². The van der Waals surface area contributed by atoms with E-state index in [4.69, 9.17) is 16.2 Å². The Hall–Kier alpha value is -2.09. The van der Waals surface area contributed by atoms with Crippen LogP contribution in [0.1, 0.15) is 11.3 Å². The smallest absolute Gasteiger partial charge is 0.173 e. The first-order chi connectivity index (χ1) is 5.79. The first-order valence-corrected chi connectivity index (χ1v) is 3.12. The monoisotopic (exact) mass is 162 g/mol. The number of hydrogen-bond donors (Lipinski definition) is 2. The lowest BCUT2D eigenvalue weighted by molar-refractivity contribution is 0.318. The van der Waals surface area contributed by atoms with Gasteiger partial charge in [-0.05, 0) is 12.1 Å². The molecule has 0 amide bonds. The van der Waals surface area contributed by atoms with Gasteiger partial charge in [0.05, 0.1) is 5.56 Å². The van der Waals surface area contributed by atoms with Crippen molar-refractivity contribution in [3.63, 3.8) is 0 Å². The summed E-state index contributed by atoms with van der Waals surface area (Å²) in [4.78, 5) is 3.73. The summed E-state index contributed by atoms with van der Waals surface area (Å²) in [6.45, 7) is 0. The van der Waals surface area contributed by atoms with Crippen LogP contribution in [-0.2, 0) is 0 Å². The zero-order chi connectivity index (χ0) is 8.97. The van der Waals surface area contributed by atoms with Gasteiger partial charge in [0, 0.05) is 6.20 Å². The molecule has 1 aromatic heterocycles. The maximum atomic E-state index is 8.56. The molecule has 3 N–H and O–H groups in total. The Morgan fingerprint density at radius 3 is 3.08 bits per heavy atom. The second kappa shape index (κ2) is 3.34. The van der Waals surface area contributed by atoms with Gasteiger partial charge in [-0.1, -0.05) is 5.16 Å². The van der Waals surface area contributed by atoms with Crippen LogP contribution in [0.5, 0.6) is 0 Å². The van der Waals surface area contributed by atoms with Crippen molar-refractivity contribution in [3.8, 4) is 6.07 Å². The maximum Gasteiger partial charge on any atom is 0.173 e. The molecule has 1 heterocycles. The van der Waals surface area contributed by atoms with Crippen LogP contribution in [0.15, 0.2) is 23.5 Å². The molecule has 1 aromatic rings. The van der Waals surface area contributed by atoms with Crippen molar-refractivity contribution >= 4 is 5.84 Å². The van der Waals surface area contributed by atoms with Gasteiger partial charge in [-0.25, -0.2) is 4.98 Å². The van der Waals surface area contributed by atoms with E-state index in [0.29, 0.717) is 5.56 Å². The van der Waals surface area contributed by atoms with Gasteiger partial charge in [-0.2, -0.15) is 5.26 Å². The van der Waals surface area contributed by atoms with Crippen LogP contribution in [0.3, 0.4) is 0 Å². The van der Waals surface area contributed by atoms with Crippen LogP contribution in [0.4, 0.5) is 0 Å². The molecule has 0 saturated heterocycles. The quantitative estimate of drug-likeness (QED) is 0.264. The van der Waals surface area contributed by atoms with E-state index in [1.54, 1.807) is 12.1 Å². The largest absolute Gasteiger partial charge is 0.409 e. The Bertz CT molecular complexity index is 353. The van der Waals surface area contributed by atoms with Crippen molar-refractivity contribution in [2.45, 2.75) is 0 Å². The van der Waals surface area contributed by atoms with Gasteiger partial charge >= 0.3 is 0 Å². The molecule has 0 aliphatic carbocycles. The van der Waals surface area contributed by atoms with E-state index in [1.807, 2.05) is 6.07 Å². The molecular formula is C7H6N4O. The molecule has 0 saturated carbocycles. The van der Waals surface area contributed by atoms with Gasteiger partial charge in [-0.3, -0.25) is 0 Å². The van der Waals surface area contributed by atoms with Crippen LogP contribution in [0.2, 0.25) is 0 Å². The Labute approximate surface area is 68.8 Å². The summed E-state index contributed by atoms with van der Waals surface area (Å²) < 4.78 is 0. The average molecular weight is 162 g/mol. The van der Waals surface area contributed by atoms with Crippen molar-refractivity contribution in [1.82, 2.24) is 4.98 Å². The van der Waals surface area contributed by atoms with Crippen LogP contribution in [0.25, 0.3) is 0 Å². The highest BCUT2D eigenvalue weighted by Gasteiger charge is 2.05. The highest BCUT2D eigenvalue weighted by atomic mass is 16.4. The minimum Gasteiger partial charge on any atom is -0.409 e. The van der Waals surface area contributed by atoms with Crippen molar-refractivity contribution in [3.05, 3.63) is 29.6 Å². The molecule has 0 atom stereocenters. The van der Waals surface area contributed by atoms with E-state index in [0.717, 1.165) is 0 Å². The predicted molar refractivity (Wildman–Crippen MR) is 41.5 cm³/mol. The molecule has 12 heavy (non-hydrogen) atoms. The second-order valence-electron chi connectivity index (χ2n) is 2.00. The number of nitriles is 1. The van der Waals surface area contributed by atoms with E-state index in [1.165, 1.54) is 6.20 Å². The van der Waals surface area contributed by atoms with Gasteiger partial charge in [0.1, 0.15) is 6.07 Å². The number of oxime groups is 1. The van der Waals surface area contributed by atoms with Crippen LogP contribution in [-0.4, -0.2) is 16.0 Å². The zero-order valence-electron chi connectivity index (χ0n) is 6.10. The second-order valence-corrected chi connectivity index (χ2v) is 2.00. The maximum absolute atomic E-state index is 8.56. The highest BCUT2D eigenvalue weighted by Crippen LogP contribution is 2.02. The zero-order valence-corrected chi connectivity index (χ0v) is 6.10. The fourth-order valence-corrected chi connectivity index (χ4v) is 0.755. The van der Waals surface area contributed by atoms with Gasteiger partial charge < -0.3 is 10.9 Å². The lowest BCUT2D eigenvalue weighted by atomic mass is 10.2. The number of nitrogens with zero attached hydrogens (tertiary/aromatic N) is 3. The fraction of sp³-hybridized carbons (Fsp3) is 0. The lowest BCUT2D eigenvalue weighted by Crippen LogP contribution is -2.15. The Morgan fingerprint density at radius 1 is 1.75 bits per heavy atom. The SMILES string of the molecule is N#Cc1ncccc1/C(N)=N\O. The molecule has 0 bridgehead atoms. The Balaban J connectivity index is 3.25. The summed E-state index contributed by atoms with van der Waals surface area (Å²) in [6.07, 6.45) is 1.46.